The lowest BCUT2D eigenvalue weighted by Crippen LogP contribution is -2.45. The Kier molecular flexibility index (Phi) is 4.24. The molecule has 0 radical (unpaired) electrons. The Morgan fingerprint density at radius 3 is 3.23 bits per heavy atom. The highest BCUT2D eigenvalue weighted by Crippen LogP contribution is 2.16. The van der Waals surface area contributed by atoms with Crippen LogP contribution in [0.15, 0.2) is 18.3 Å². The second-order valence-electron chi connectivity index (χ2n) is 5.48. The lowest BCUT2D eigenvalue weighted by atomic mass is 10.1. The summed E-state index contributed by atoms with van der Waals surface area (Å²) in [7, 11) is 0. The second-order valence-corrected chi connectivity index (χ2v) is 5.48. The minimum absolute atomic E-state index is 0.120. The van der Waals surface area contributed by atoms with Gasteiger partial charge in [-0.3, -0.25) is 5.32 Å². The van der Waals surface area contributed by atoms with Crippen LogP contribution in [0.25, 0.3) is 5.65 Å². The van der Waals surface area contributed by atoms with Gasteiger partial charge in [0.1, 0.15) is 5.82 Å². The summed E-state index contributed by atoms with van der Waals surface area (Å²) in [6.07, 6.45) is 3.78. The predicted octanol–water partition coefficient (Wildman–Crippen LogP) is 2.07. The van der Waals surface area contributed by atoms with Gasteiger partial charge in [-0.25, -0.2) is 9.78 Å². The summed E-state index contributed by atoms with van der Waals surface area (Å²) in [6, 6.07) is 3.51. The third-order valence-corrected chi connectivity index (χ3v) is 3.78. The number of aromatic nitrogens is 3. The molecule has 0 aliphatic carbocycles. The van der Waals surface area contributed by atoms with Crippen LogP contribution in [0.2, 0.25) is 0 Å². The molecule has 0 bridgehead atoms. The normalized spacial score (nSPS) is 18.6. The van der Waals surface area contributed by atoms with E-state index >= 15 is 0 Å². The van der Waals surface area contributed by atoms with Crippen LogP contribution < -0.4 is 5.32 Å². The Bertz CT molecular complexity index is 667. The van der Waals surface area contributed by atoms with Gasteiger partial charge in [-0.1, -0.05) is 0 Å². The van der Waals surface area contributed by atoms with Crippen molar-refractivity contribution in [1.82, 2.24) is 19.5 Å². The van der Waals surface area contributed by atoms with Gasteiger partial charge in [0.25, 0.3) is 0 Å². The predicted molar refractivity (Wildman–Crippen MR) is 83.0 cm³/mol. The number of anilines is 1. The number of nitrogens with zero attached hydrogens (tertiary/aromatic N) is 4. The van der Waals surface area contributed by atoms with Gasteiger partial charge in [-0.05, 0) is 32.8 Å². The van der Waals surface area contributed by atoms with E-state index in [4.69, 9.17) is 4.74 Å². The van der Waals surface area contributed by atoms with Gasteiger partial charge in [0, 0.05) is 32.0 Å². The number of ether oxygens (including phenoxy) is 1. The molecule has 1 saturated heterocycles. The number of hydrogen-bond donors (Lipinski definition) is 1. The van der Waals surface area contributed by atoms with Gasteiger partial charge in [-0.15, -0.1) is 0 Å². The molecule has 0 spiro atoms. The van der Waals surface area contributed by atoms with Crippen molar-refractivity contribution in [3.8, 4) is 0 Å². The Morgan fingerprint density at radius 2 is 2.41 bits per heavy atom. The molecule has 0 aromatic carbocycles. The molecule has 1 atom stereocenters. The van der Waals surface area contributed by atoms with E-state index in [0.29, 0.717) is 19.0 Å². The molecule has 1 aliphatic heterocycles. The molecule has 2 aromatic heterocycles. The number of piperidine rings is 1. The molecule has 118 valence electrons. The lowest BCUT2D eigenvalue weighted by molar-refractivity contribution is 0.0181. The fourth-order valence-electron chi connectivity index (χ4n) is 2.79. The molecule has 1 unspecified atom stereocenters. The van der Waals surface area contributed by atoms with Crippen LogP contribution in [-0.2, 0) is 4.74 Å². The third kappa shape index (κ3) is 3.04. The fourth-order valence-corrected chi connectivity index (χ4v) is 2.79. The largest absolute Gasteiger partial charge is 0.377 e. The lowest BCUT2D eigenvalue weighted by Gasteiger charge is -2.32. The molecule has 7 heteroatoms. The molecular formula is C15H21N5O2. The van der Waals surface area contributed by atoms with Crippen LogP contribution in [0.4, 0.5) is 10.6 Å². The molecule has 3 rings (SSSR count). The standard InChI is InChI=1S/C15H21N5O2/c1-3-22-12-5-4-8-19(10-12)15(21)17-13-6-7-16-14-9-11(2)18-20(13)14/h6-7,9,12H,3-5,8,10H2,1-2H3,(H,17,21). The van der Waals surface area contributed by atoms with Crippen molar-refractivity contribution in [3.05, 3.63) is 24.0 Å². The highest BCUT2D eigenvalue weighted by atomic mass is 16.5. The minimum atomic E-state index is -0.120. The van der Waals surface area contributed by atoms with Crippen LogP contribution in [-0.4, -0.2) is 51.3 Å². The van der Waals surface area contributed by atoms with Gasteiger partial charge >= 0.3 is 6.03 Å². The van der Waals surface area contributed by atoms with Gasteiger partial charge < -0.3 is 9.64 Å². The van der Waals surface area contributed by atoms with Gasteiger partial charge in [0.2, 0.25) is 0 Å². The second kappa shape index (κ2) is 6.31. The minimum Gasteiger partial charge on any atom is -0.377 e. The number of urea groups is 1. The van der Waals surface area contributed by atoms with Crippen LogP contribution in [0.3, 0.4) is 0 Å². The van der Waals surface area contributed by atoms with Crippen molar-refractivity contribution >= 4 is 17.5 Å². The molecule has 2 aromatic rings. The molecule has 1 N–H and O–H groups in total. The van der Waals surface area contributed by atoms with E-state index in [9.17, 15) is 4.79 Å². The first-order valence-electron chi connectivity index (χ1n) is 7.66. The van der Waals surface area contributed by atoms with Crippen LogP contribution >= 0.6 is 0 Å². The zero-order chi connectivity index (χ0) is 15.5. The fraction of sp³-hybridized carbons (Fsp3) is 0.533. The Balaban J connectivity index is 1.72. The molecular weight excluding hydrogens is 282 g/mol. The van der Waals surface area contributed by atoms with Crippen molar-refractivity contribution in [3.63, 3.8) is 0 Å². The Hall–Kier alpha value is -2.15. The average Bonchev–Trinajstić information content (AvgIpc) is 2.89. The van der Waals surface area contributed by atoms with Crippen molar-refractivity contribution in [2.24, 2.45) is 0 Å². The van der Waals surface area contributed by atoms with Crippen LogP contribution in [0.5, 0.6) is 0 Å². The number of rotatable bonds is 3. The summed E-state index contributed by atoms with van der Waals surface area (Å²) < 4.78 is 7.29. The van der Waals surface area contributed by atoms with E-state index in [1.54, 1.807) is 21.7 Å². The van der Waals surface area contributed by atoms with Gasteiger partial charge in [-0.2, -0.15) is 9.61 Å². The summed E-state index contributed by atoms with van der Waals surface area (Å²) in [5, 5.41) is 7.27. The molecule has 1 fully saturated rings. The SMILES string of the molecule is CCOC1CCCN(C(=O)Nc2ccnc3cc(C)nn23)C1. The highest BCUT2D eigenvalue weighted by molar-refractivity contribution is 5.88. The number of fused-ring (bicyclic) bond motifs is 1. The van der Waals surface area contributed by atoms with E-state index in [0.717, 1.165) is 30.7 Å². The van der Waals surface area contributed by atoms with E-state index in [2.05, 4.69) is 15.4 Å². The number of likely N-dealkylation sites (tertiary alicyclic amines) is 1. The third-order valence-electron chi connectivity index (χ3n) is 3.78. The average molecular weight is 303 g/mol. The number of amides is 2. The number of nitrogens with one attached hydrogen (secondary N) is 1. The van der Waals surface area contributed by atoms with Crippen LogP contribution in [0, 0.1) is 6.92 Å². The van der Waals surface area contributed by atoms with E-state index in [1.165, 1.54) is 0 Å². The number of carbonyl (C=O) groups excluding carboxylic acids is 1. The van der Waals surface area contributed by atoms with Gasteiger partial charge in [0.15, 0.2) is 5.65 Å². The van der Waals surface area contributed by atoms with E-state index in [1.807, 2.05) is 19.9 Å². The number of hydrogen-bond acceptors (Lipinski definition) is 4. The quantitative estimate of drug-likeness (QED) is 0.942. The van der Waals surface area contributed by atoms with Gasteiger partial charge in [0.05, 0.1) is 11.8 Å². The molecule has 0 saturated carbocycles. The summed E-state index contributed by atoms with van der Waals surface area (Å²) >= 11 is 0. The van der Waals surface area contributed by atoms with Crippen molar-refractivity contribution in [2.75, 3.05) is 25.0 Å². The van der Waals surface area contributed by atoms with Crippen molar-refractivity contribution < 1.29 is 9.53 Å². The monoisotopic (exact) mass is 303 g/mol. The molecule has 1 aliphatic rings. The topological polar surface area (TPSA) is 71.8 Å². The zero-order valence-corrected chi connectivity index (χ0v) is 13.0. The summed E-state index contributed by atoms with van der Waals surface area (Å²) in [4.78, 5) is 18.5. The Morgan fingerprint density at radius 1 is 1.55 bits per heavy atom. The van der Waals surface area contributed by atoms with E-state index in [-0.39, 0.29) is 12.1 Å². The van der Waals surface area contributed by atoms with Crippen molar-refractivity contribution in [2.45, 2.75) is 32.8 Å². The smallest absolute Gasteiger partial charge is 0.323 e. The Labute approximate surface area is 129 Å². The maximum Gasteiger partial charge on any atom is 0.323 e. The van der Waals surface area contributed by atoms with Crippen molar-refractivity contribution in [1.29, 1.82) is 0 Å². The van der Waals surface area contributed by atoms with Crippen LogP contribution in [0.1, 0.15) is 25.5 Å². The number of carbonyl (C=O) groups is 1. The summed E-state index contributed by atoms with van der Waals surface area (Å²) in [6.45, 7) is 5.94. The number of aryl methyl sites for hydroxylation is 1. The first-order chi connectivity index (χ1) is 10.7. The first-order valence-corrected chi connectivity index (χ1v) is 7.66. The zero-order valence-electron chi connectivity index (χ0n) is 13.0. The maximum absolute atomic E-state index is 12.5. The molecule has 22 heavy (non-hydrogen) atoms. The summed E-state index contributed by atoms with van der Waals surface area (Å²) in [5.41, 5.74) is 1.59. The highest BCUT2D eigenvalue weighted by Gasteiger charge is 2.24. The maximum atomic E-state index is 12.5. The van der Waals surface area contributed by atoms with E-state index < -0.39 is 0 Å². The summed E-state index contributed by atoms with van der Waals surface area (Å²) in [5.74, 6) is 0.627. The molecule has 3 heterocycles. The molecule has 2 amide bonds. The molecule has 7 nitrogen and oxygen atoms in total. The first kappa shape index (κ1) is 14.8.